The minimum atomic E-state index is -0.0704. The van der Waals surface area contributed by atoms with Gasteiger partial charge in [-0.1, -0.05) is 13.3 Å². The van der Waals surface area contributed by atoms with Crippen LogP contribution in [0, 0.1) is 13.1 Å². The second-order valence-electron chi connectivity index (χ2n) is 4.14. The lowest BCUT2D eigenvalue weighted by atomic mass is 10.2. The summed E-state index contributed by atoms with van der Waals surface area (Å²) in [6.45, 7) is 5.46. The second-order valence-corrected chi connectivity index (χ2v) is 4.14. The molecule has 1 heterocycles. The number of carbonyl (C=O) groups is 1. The van der Waals surface area contributed by atoms with Crippen LogP contribution in [0.1, 0.15) is 44.9 Å². The third-order valence-electron chi connectivity index (χ3n) is 2.60. The zero-order valence-electron chi connectivity index (χ0n) is 10.7. The van der Waals surface area contributed by atoms with E-state index in [9.17, 15) is 4.79 Å². The average molecular weight is 237 g/mol. The van der Waals surface area contributed by atoms with Crippen molar-refractivity contribution in [1.29, 1.82) is 0 Å². The molecule has 0 fully saturated rings. The highest BCUT2D eigenvalue weighted by Gasteiger charge is 2.02. The first kappa shape index (κ1) is 13.7. The molecule has 0 aliphatic rings. The van der Waals surface area contributed by atoms with Gasteiger partial charge < -0.3 is 9.30 Å². The van der Waals surface area contributed by atoms with Crippen LogP contribution in [0.5, 0.6) is 0 Å². The highest BCUT2D eigenvalue weighted by atomic mass is 16.5. The molecule has 0 N–H and O–H groups in total. The van der Waals surface area contributed by atoms with E-state index in [1.54, 1.807) is 0 Å². The maximum atomic E-state index is 11.2. The van der Waals surface area contributed by atoms with Crippen LogP contribution in [0.3, 0.4) is 0 Å². The van der Waals surface area contributed by atoms with E-state index in [1.165, 1.54) is 0 Å². The number of rotatable bonds is 8. The molecule has 1 aromatic rings. The Labute approximate surface area is 103 Å². The van der Waals surface area contributed by atoms with Crippen LogP contribution in [-0.2, 0) is 16.1 Å². The normalized spacial score (nSPS) is 10.5. The van der Waals surface area contributed by atoms with Crippen molar-refractivity contribution in [3.8, 4) is 0 Å². The molecule has 0 aliphatic heterocycles. The van der Waals surface area contributed by atoms with Crippen molar-refractivity contribution in [2.75, 3.05) is 6.61 Å². The fourth-order valence-corrected chi connectivity index (χ4v) is 1.59. The second kappa shape index (κ2) is 7.87. The zero-order valence-corrected chi connectivity index (χ0v) is 10.7. The molecule has 0 amide bonds. The molecule has 95 valence electrons. The summed E-state index contributed by atoms with van der Waals surface area (Å²) in [5.74, 6) is 0.923. The van der Waals surface area contributed by atoms with Crippen LogP contribution in [0.2, 0.25) is 0 Å². The first-order valence-electron chi connectivity index (χ1n) is 6.29. The lowest BCUT2D eigenvalue weighted by molar-refractivity contribution is -0.143. The van der Waals surface area contributed by atoms with Crippen molar-refractivity contribution in [3.63, 3.8) is 0 Å². The van der Waals surface area contributed by atoms with Gasteiger partial charge in [-0.2, -0.15) is 0 Å². The molecule has 0 saturated heterocycles. The van der Waals surface area contributed by atoms with Crippen LogP contribution in [0.25, 0.3) is 0 Å². The Hall–Kier alpha value is -1.32. The van der Waals surface area contributed by atoms with Crippen molar-refractivity contribution >= 4 is 5.97 Å². The number of imidazole rings is 1. The van der Waals surface area contributed by atoms with Crippen LogP contribution in [-0.4, -0.2) is 22.1 Å². The fraction of sp³-hybridized carbons (Fsp3) is 0.692. The van der Waals surface area contributed by atoms with Gasteiger partial charge in [-0.15, -0.1) is 0 Å². The van der Waals surface area contributed by atoms with Crippen molar-refractivity contribution in [2.45, 2.75) is 52.5 Å². The van der Waals surface area contributed by atoms with Gasteiger partial charge in [-0.25, -0.2) is 4.98 Å². The predicted octanol–water partition coefficient (Wildman–Crippen LogP) is 2.51. The van der Waals surface area contributed by atoms with Gasteiger partial charge in [0.2, 0.25) is 0 Å². The molecule has 0 saturated carbocycles. The lowest BCUT2D eigenvalue weighted by Crippen LogP contribution is -2.05. The van der Waals surface area contributed by atoms with Crippen LogP contribution in [0.4, 0.5) is 0 Å². The Morgan fingerprint density at radius 1 is 1.47 bits per heavy atom. The molecule has 0 unspecified atom stereocenters. The Balaban J connectivity index is 2.01. The molecule has 4 heteroatoms. The van der Waals surface area contributed by atoms with Gasteiger partial charge in [0.1, 0.15) is 12.0 Å². The van der Waals surface area contributed by atoms with Gasteiger partial charge in [0.25, 0.3) is 0 Å². The quantitative estimate of drug-likeness (QED) is 0.515. The van der Waals surface area contributed by atoms with E-state index >= 15 is 0 Å². The SMILES string of the molecule is CCCOC(=O)CCCCCn1c[c]nc1C. The van der Waals surface area contributed by atoms with E-state index < -0.39 is 0 Å². The third kappa shape index (κ3) is 5.52. The van der Waals surface area contributed by atoms with Gasteiger partial charge in [0.05, 0.1) is 6.61 Å². The summed E-state index contributed by atoms with van der Waals surface area (Å²) in [4.78, 5) is 15.2. The molecule has 4 nitrogen and oxygen atoms in total. The van der Waals surface area contributed by atoms with E-state index in [1.807, 2.05) is 20.0 Å². The third-order valence-corrected chi connectivity index (χ3v) is 2.60. The van der Waals surface area contributed by atoms with Gasteiger partial charge in [-0.05, 0) is 26.2 Å². The predicted molar refractivity (Wildman–Crippen MR) is 65.5 cm³/mol. The number of ether oxygens (including phenoxy) is 1. The van der Waals surface area contributed by atoms with Crippen molar-refractivity contribution in [3.05, 3.63) is 18.2 Å². The van der Waals surface area contributed by atoms with Crippen LogP contribution in [0.15, 0.2) is 6.20 Å². The zero-order chi connectivity index (χ0) is 12.5. The first-order chi connectivity index (χ1) is 8.24. The minimum Gasteiger partial charge on any atom is -0.466 e. The van der Waals surface area contributed by atoms with E-state index in [-0.39, 0.29) is 5.97 Å². The summed E-state index contributed by atoms with van der Waals surface area (Å²) < 4.78 is 7.08. The first-order valence-corrected chi connectivity index (χ1v) is 6.29. The van der Waals surface area contributed by atoms with E-state index in [0.717, 1.165) is 38.1 Å². The summed E-state index contributed by atoms with van der Waals surface area (Å²) in [5, 5.41) is 0. The van der Waals surface area contributed by atoms with Crippen LogP contribution < -0.4 is 0 Å². The van der Waals surface area contributed by atoms with Crippen molar-refractivity contribution in [1.82, 2.24) is 9.55 Å². The number of unbranched alkanes of at least 4 members (excludes halogenated alkanes) is 2. The molecule has 17 heavy (non-hydrogen) atoms. The largest absolute Gasteiger partial charge is 0.466 e. The molecular weight excluding hydrogens is 216 g/mol. The summed E-state index contributed by atoms with van der Waals surface area (Å²) in [6.07, 6.45) is 9.12. The Morgan fingerprint density at radius 2 is 2.29 bits per heavy atom. The molecule has 0 aromatic carbocycles. The molecule has 0 bridgehead atoms. The number of nitrogens with zero attached hydrogens (tertiary/aromatic N) is 2. The molecule has 0 atom stereocenters. The van der Waals surface area contributed by atoms with E-state index in [2.05, 4.69) is 15.7 Å². The summed E-state index contributed by atoms with van der Waals surface area (Å²) >= 11 is 0. The molecular formula is C13H21N2O2. The summed E-state index contributed by atoms with van der Waals surface area (Å²) in [5.41, 5.74) is 0. The Bertz CT molecular complexity index is 334. The lowest BCUT2D eigenvalue weighted by Gasteiger charge is -2.05. The van der Waals surface area contributed by atoms with Crippen molar-refractivity contribution < 1.29 is 9.53 Å². The molecule has 0 spiro atoms. The summed E-state index contributed by atoms with van der Waals surface area (Å²) in [7, 11) is 0. The maximum absolute atomic E-state index is 11.2. The summed E-state index contributed by atoms with van der Waals surface area (Å²) in [6, 6.07) is 0. The highest BCUT2D eigenvalue weighted by Crippen LogP contribution is 2.05. The van der Waals surface area contributed by atoms with E-state index in [0.29, 0.717) is 13.0 Å². The number of hydrogen-bond donors (Lipinski definition) is 0. The molecule has 0 aliphatic carbocycles. The minimum absolute atomic E-state index is 0.0704. The number of aromatic nitrogens is 2. The number of esters is 1. The molecule has 1 rings (SSSR count). The monoisotopic (exact) mass is 237 g/mol. The van der Waals surface area contributed by atoms with Gasteiger partial charge in [-0.3, -0.25) is 4.79 Å². The van der Waals surface area contributed by atoms with Gasteiger partial charge in [0.15, 0.2) is 0 Å². The maximum Gasteiger partial charge on any atom is 0.305 e. The van der Waals surface area contributed by atoms with E-state index in [4.69, 9.17) is 4.74 Å². The fourth-order valence-electron chi connectivity index (χ4n) is 1.59. The number of hydrogen-bond acceptors (Lipinski definition) is 3. The average Bonchev–Trinajstić information content (AvgIpc) is 2.72. The number of carbonyl (C=O) groups excluding carboxylic acids is 1. The topological polar surface area (TPSA) is 44.1 Å². The highest BCUT2D eigenvalue weighted by molar-refractivity contribution is 5.69. The van der Waals surface area contributed by atoms with Gasteiger partial charge in [0, 0.05) is 19.2 Å². The molecule has 1 aromatic heterocycles. The van der Waals surface area contributed by atoms with Crippen LogP contribution >= 0.6 is 0 Å². The Morgan fingerprint density at radius 3 is 2.94 bits per heavy atom. The smallest absolute Gasteiger partial charge is 0.305 e. The molecule has 1 radical (unpaired) electrons. The number of aryl methyl sites for hydroxylation is 2. The van der Waals surface area contributed by atoms with Gasteiger partial charge >= 0.3 is 5.97 Å². The Kier molecular flexibility index (Phi) is 6.37. The standard InChI is InChI=1S/C13H21N2O2/c1-3-11-17-13(16)7-5-4-6-9-15-10-8-14-12(15)2/h10H,3-7,9,11H2,1-2H3. The van der Waals surface area contributed by atoms with Crippen molar-refractivity contribution in [2.24, 2.45) is 0 Å².